The van der Waals surface area contributed by atoms with E-state index >= 15 is 0 Å². The SMILES string of the molecule is O=C1C[C@@H]2CCC1C2. The Balaban J connectivity index is 2.22. The van der Waals surface area contributed by atoms with Gasteiger partial charge in [-0.05, 0) is 25.2 Å². The molecule has 0 spiro atoms. The minimum atomic E-state index is 0.500. The highest BCUT2D eigenvalue weighted by Gasteiger charge is 2.37. The van der Waals surface area contributed by atoms with Crippen molar-refractivity contribution in [2.75, 3.05) is 0 Å². The van der Waals surface area contributed by atoms with Crippen LogP contribution in [0.1, 0.15) is 25.7 Å². The third kappa shape index (κ3) is 0.445. The third-order valence-electron chi connectivity index (χ3n) is 2.49. The van der Waals surface area contributed by atoms with Crippen molar-refractivity contribution in [3.05, 3.63) is 0 Å². The third-order valence-corrected chi connectivity index (χ3v) is 2.49. The van der Waals surface area contributed by atoms with E-state index in [1.165, 1.54) is 19.3 Å². The second kappa shape index (κ2) is 1.34. The van der Waals surface area contributed by atoms with Gasteiger partial charge < -0.3 is 0 Å². The van der Waals surface area contributed by atoms with E-state index in [0.717, 1.165) is 12.3 Å². The van der Waals surface area contributed by atoms with Gasteiger partial charge in [-0.3, -0.25) is 4.79 Å². The second-order valence-electron chi connectivity index (χ2n) is 3.05. The zero-order chi connectivity index (χ0) is 5.56. The Bertz CT molecular complexity index is 128. The molecule has 2 rings (SSSR count). The van der Waals surface area contributed by atoms with E-state index in [-0.39, 0.29) is 0 Å². The van der Waals surface area contributed by atoms with E-state index in [4.69, 9.17) is 0 Å². The zero-order valence-electron chi connectivity index (χ0n) is 4.89. The fourth-order valence-electron chi connectivity index (χ4n) is 2.00. The van der Waals surface area contributed by atoms with Crippen LogP contribution in [-0.4, -0.2) is 5.78 Å². The molecule has 2 fully saturated rings. The molecule has 2 atom stereocenters. The maximum absolute atomic E-state index is 10.8. The highest BCUT2D eigenvalue weighted by Crippen LogP contribution is 2.41. The summed E-state index contributed by atoms with van der Waals surface area (Å²) >= 11 is 0. The molecule has 0 aliphatic heterocycles. The molecule has 1 heteroatoms. The summed E-state index contributed by atoms with van der Waals surface area (Å²) in [5.74, 6) is 1.84. The standard InChI is InChI=1S/C7H10O/c8-7-4-5-1-2-6(7)3-5/h5-6H,1-4H2/t5-,6?/m1/s1. The summed E-state index contributed by atoms with van der Waals surface area (Å²) in [5, 5.41) is 0. The van der Waals surface area contributed by atoms with Crippen LogP contribution in [0.3, 0.4) is 0 Å². The van der Waals surface area contributed by atoms with Crippen molar-refractivity contribution in [3.8, 4) is 0 Å². The first-order chi connectivity index (χ1) is 3.86. The minimum absolute atomic E-state index is 0.500. The van der Waals surface area contributed by atoms with Gasteiger partial charge in [0.05, 0.1) is 0 Å². The Hall–Kier alpha value is -0.330. The van der Waals surface area contributed by atoms with Crippen molar-refractivity contribution in [2.24, 2.45) is 11.8 Å². The average molecular weight is 110 g/mol. The molecule has 0 amide bonds. The molecule has 0 heterocycles. The minimum Gasteiger partial charge on any atom is -0.299 e. The lowest BCUT2D eigenvalue weighted by Gasteiger charge is -2.04. The quantitative estimate of drug-likeness (QED) is 0.460. The van der Waals surface area contributed by atoms with Crippen molar-refractivity contribution >= 4 is 5.78 Å². The number of fused-ring (bicyclic) bond motifs is 2. The van der Waals surface area contributed by atoms with Crippen molar-refractivity contribution in [1.29, 1.82) is 0 Å². The first kappa shape index (κ1) is 4.54. The van der Waals surface area contributed by atoms with E-state index in [1.54, 1.807) is 0 Å². The van der Waals surface area contributed by atoms with E-state index in [9.17, 15) is 4.79 Å². The number of ketones is 1. The van der Waals surface area contributed by atoms with Crippen LogP contribution >= 0.6 is 0 Å². The normalized spacial score (nSPS) is 43.8. The predicted molar refractivity (Wildman–Crippen MR) is 30.5 cm³/mol. The van der Waals surface area contributed by atoms with Crippen LogP contribution in [0.4, 0.5) is 0 Å². The Morgan fingerprint density at radius 1 is 1.38 bits per heavy atom. The maximum atomic E-state index is 10.8. The van der Waals surface area contributed by atoms with Crippen LogP contribution in [0.2, 0.25) is 0 Å². The molecule has 1 unspecified atom stereocenters. The summed E-state index contributed by atoms with van der Waals surface area (Å²) < 4.78 is 0. The molecule has 44 valence electrons. The van der Waals surface area contributed by atoms with Crippen LogP contribution in [0.5, 0.6) is 0 Å². The summed E-state index contributed by atoms with van der Waals surface area (Å²) in [5.41, 5.74) is 0. The predicted octanol–water partition coefficient (Wildman–Crippen LogP) is 1.38. The summed E-state index contributed by atoms with van der Waals surface area (Å²) in [4.78, 5) is 10.8. The molecule has 0 saturated heterocycles. The Morgan fingerprint density at radius 2 is 2.25 bits per heavy atom. The molecule has 2 saturated carbocycles. The molecule has 0 aromatic heterocycles. The number of hydrogen-bond donors (Lipinski definition) is 0. The lowest BCUT2D eigenvalue weighted by atomic mass is 10.00. The van der Waals surface area contributed by atoms with Crippen molar-refractivity contribution in [2.45, 2.75) is 25.7 Å². The van der Waals surface area contributed by atoms with Crippen molar-refractivity contribution in [3.63, 3.8) is 0 Å². The van der Waals surface area contributed by atoms with Gasteiger partial charge in [0, 0.05) is 12.3 Å². The molecular formula is C7H10O. The topological polar surface area (TPSA) is 17.1 Å². The summed E-state index contributed by atoms with van der Waals surface area (Å²) in [6.07, 6.45) is 4.66. The molecule has 0 N–H and O–H groups in total. The second-order valence-corrected chi connectivity index (χ2v) is 3.05. The first-order valence-corrected chi connectivity index (χ1v) is 3.39. The summed E-state index contributed by atoms with van der Waals surface area (Å²) in [6, 6.07) is 0. The molecule has 0 aromatic carbocycles. The van der Waals surface area contributed by atoms with Crippen LogP contribution < -0.4 is 0 Å². The molecule has 0 aromatic rings. The van der Waals surface area contributed by atoms with Gasteiger partial charge in [-0.2, -0.15) is 0 Å². The number of Topliss-reactive ketones (excluding diaryl/α,β-unsaturated/α-hetero) is 1. The lowest BCUT2D eigenvalue weighted by molar-refractivity contribution is -0.121. The van der Waals surface area contributed by atoms with Crippen LogP contribution in [0.15, 0.2) is 0 Å². The van der Waals surface area contributed by atoms with Crippen LogP contribution in [0.25, 0.3) is 0 Å². The van der Waals surface area contributed by atoms with Gasteiger partial charge in [0.25, 0.3) is 0 Å². The first-order valence-electron chi connectivity index (χ1n) is 3.39. The van der Waals surface area contributed by atoms with Gasteiger partial charge in [0.15, 0.2) is 0 Å². The van der Waals surface area contributed by atoms with Crippen molar-refractivity contribution in [1.82, 2.24) is 0 Å². The number of hydrogen-bond acceptors (Lipinski definition) is 1. The molecule has 2 bridgehead atoms. The van der Waals surface area contributed by atoms with Crippen LogP contribution in [-0.2, 0) is 4.79 Å². The van der Waals surface area contributed by atoms with Crippen molar-refractivity contribution < 1.29 is 4.79 Å². The number of rotatable bonds is 0. The molecule has 8 heavy (non-hydrogen) atoms. The monoisotopic (exact) mass is 110 g/mol. The highest BCUT2D eigenvalue weighted by atomic mass is 16.1. The fourth-order valence-corrected chi connectivity index (χ4v) is 2.00. The molecule has 1 nitrogen and oxygen atoms in total. The van der Waals surface area contributed by atoms with Gasteiger partial charge in [-0.15, -0.1) is 0 Å². The molecule has 2 aliphatic carbocycles. The van der Waals surface area contributed by atoms with E-state index < -0.39 is 0 Å². The largest absolute Gasteiger partial charge is 0.299 e. The van der Waals surface area contributed by atoms with E-state index in [0.29, 0.717) is 11.7 Å². The summed E-state index contributed by atoms with van der Waals surface area (Å²) in [6.45, 7) is 0. The smallest absolute Gasteiger partial charge is 0.136 e. The molecule has 2 aliphatic rings. The Kier molecular flexibility index (Phi) is 0.758. The Morgan fingerprint density at radius 3 is 2.50 bits per heavy atom. The Labute approximate surface area is 49.1 Å². The maximum Gasteiger partial charge on any atom is 0.136 e. The highest BCUT2D eigenvalue weighted by molar-refractivity contribution is 5.84. The van der Waals surface area contributed by atoms with E-state index in [1.807, 2.05) is 0 Å². The van der Waals surface area contributed by atoms with Gasteiger partial charge in [0.2, 0.25) is 0 Å². The average Bonchev–Trinajstić information content (AvgIpc) is 2.23. The molecular weight excluding hydrogens is 100 g/mol. The lowest BCUT2D eigenvalue weighted by Crippen LogP contribution is -2.07. The zero-order valence-corrected chi connectivity index (χ0v) is 4.89. The van der Waals surface area contributed by atoms with Gasteiger partial charge in [-0.1, -0.05) is 0 Å². The fraction of sp³-hybridized carbons (Fsp3) is 0.857. The van der Waals surface area contributed by atoms with Gasteiger partial charge in [-0.25, -0.2) is 0 Å². The van der Waals surface area contributed by atoms with Gasteiger partial charge in [0.1, 0.15) is 5.78 Å². The van der Waals surface area contributed by atoms with Gasteiger partial charge >= 0.3 is 0 Å². The number of carbonyl (C=O) groups excluding carboxylic acids is 1. The van der Waals surface area contributed by atoms with Crippen LogP contribution in [0, 0.1) is 11.8 Å². The molecule has 0 radical (unpaired) electrons. The van der Waals surface area contributed by atoms with E-state index in [2.05, 4.69) is 0 Å². The number of carbonyl (C=O) groups is 1. The summed E-state index contributed by atoms with van der Waals surface area (Å²) in [7, 11) is 0.